The van der Waals surface area contributed by atoms with E-state index in [2.05, 4.69) is 10.6 Å². The fourth-order valence-electron chi connectivity index (χ4n) is 1.83. The second kappa shape index (κ2) is 5.61. The average Bonchev–Trinajstić information content (AvgIpc) is 2.45. The van der Waals surface area contributed by atoms with E-state index in [4.69, 9.17) is 11.6 Å². The van der Waals surface area contributed by atoms with Gasteiger partial charge in [0, 0.05) is 21.8 Å². The van der Waals surface area contributed by atoms with Gasteiger partial charge >= 0.3 is 0 Å². The highest BCUT2D eigenvalue weighted by molar-refractivity contribution is 8.04. The lowest BCUT2D eigenvalue weighted by Gasteiger charge is -2.18. The largest absolute Gasteiger partial charge is 0.360 e. The van der Waals surface area contributed by atoms with E-state index >= 15 is 0 Å². The summed E-state index contributed by atoms with van der Waals surface area (Å²) in [6.45, 7) is 0. The lowest BCUT2D eigenvalue weighted by atomic mass is 10.3. The molecular formula is C15H11ClN2OS. The molecule has 0 bridgehead atoms. The van der Waals surface area contributed by atoms with Crippen molar-refractivity contribution >= 4 is 40.6 Å². The van der Waals surface area contributed by atoms with Gasteiger partial charge in [0.1, 0.15) is 0 Å². The van der Waals surface area contributed by atoms with Gasteiger partial charge in [0.25, 0.3) is 5.91 Å². The molecule has 1 aliphatic heterocycles. The zero-order chi connectivity index (χ0) is 13.9. The number of rotatable bonds is 2. The molecule has 0 saturated heterocycles. The zero-order valence-corrected chi connectivity index (χ0v) is 12.0. The number of thioether (sulfide) groups is 1. The number of amides is 1. The van der Waals surface area contributed by atoms with E-state index in [1.165, 1.54) is 11.8 Å². The van der Waals surface area contributed by atoms with Gasteiger partial charge < -0.3 is 10.6 Å². The molecule has 100 valence electrons. The molecule has 0 radical (unpaired) electrons. The maximum atomic E-state index is 12.0. The number of fused-ring (bicyclic) bond motifs is 1. The fourth-order valence-corrected chi connectivity index (χ4v) is 2.89. The van der Waals surface area contributed by atoms with Crippen LogP contribution in [0.25, 0.3) is 0 Å². The monoisotopic (exact) mass is 302 g/mol. The summed E-state index contributed by atoms with van der Waals surface area (Å²) in [6, 6.07) is 15.1. The first-order chi connectivity index (χ1) is 9.72. The van der Waals surface area contributed by atoms with Crippen molar-refractivity contribution in [3.05, 3.63) is 64.7 Å². The molecule has 3 nitrogen and oxygen atoms in total. The second-order valence-corrected chi connectivity index (χ2v) is 5.74. The third kappa shape index (κ3) is 2.81. The molecule has 0 aliphatic carbocycles. The van der Waals surface area contributed by atoms with Gasteiger partial charge in [0.2, 0.25) is 0 Å². The summed E-state index contributed by atoms with van der Waals surface area (Å²) in [6.07, 6.45) is 1.70. The summed E-state index contributed by atoms with van der Waals surface area (Å²) >= 11 is 7.36. The Kier molecular flexibility index (Phi) is 3.67. The van der Waals surface area contributed by atoms with Crippen LogP contribution < -0.4 is 10.6 Å². The standard InChI is InChI=1S/C15H11ClN2OS/c16-10-4-3-5-11(8-10)17-9-14-15(19)18-12-6-1-2-7-13(12)20-14/h1-9,17H,(H,18,19). The lowest BCUT2D eigenvalue weighted by molar-refractivity contribution is -0.112. The van der Waals surface area contributed by atoms with Crippen LogP contribution in [-0.2, 0) is 4.79 Å². The van der Waals surface area contributed by atoms with Crippen molar-refractivity contribution in [3.63, 3.8) is 0 Å². The smallest absolute Gasteiger partial charge is 0.263 e. The Labute approximate surface area is 126 Å². The van der Waals surface area contributed by atoms with E-state index in [0.717, 1.165) is 16.3 Å². The molecule has 1 amide bonds. The number of anilines is 2. The number of halogens is 1. The van der Waals surface area contributed by atoms with Gasteiger partial charge in [-0.05, 0) is 30.3 Å². The summed E-state index contributed by atoms with van der Waals surface area (Å²) in [5, 5.41) is 6.60. The van der Waals surface area contributed by atoms with Gasteiger partial charge in [-0.3, -0.25) is 4.79 Å². The van der Waals surface area contributed by atoms with Crippen molar-refractivity contribution in [1.82, 2.24) is 0 Å². The van der Waals surface area contributed by atoms with Crippen molar-refractivity contribution in [3.8, 4) is 0 Å². The molecule has 0 unspecified atom stereocenters. The minimum absolute atomic E-state index is 0.108. The summed E-state index contributed by atoms with van der Waals surface area (Å²) in [7, 11) is 0. The number of carbonyl (C=O) groups excluding carboxylic acids is 1. The summed E-state index contributed by atoms with van der Waals surface area (Å²) in [5.74, 6) is -0.108. The highest BCUT2D eigenvalue weighted by Gasteiger charge is 2.20. The Balaban J connectivity index is 1.81. The molecule has 20 heavy (non-hydrogen) atoms. The van der Waals surface area contributed by atoms with Gasteiger partial charge in [0.15, 0.2) is 0 Å². The molecule has 3 rings (SSSR count). The Morgan fingerprint density at radius 3 is 2.85 bits per heavy atom. The highest BCUT2D eigenvalue weighted by atomic mass is 35.5. The molecule has 1 heterocycles. The number of benzene rings is 2. The highest BCUT2D eigenvalue weighted by Crippen LogP contribution is 2.37. The van der Waals surface area contributed by atoms with Crippen LogP contribution in [0.4, 0.5) is 11.4 Å². The Bertz CT molecular complexity index is 700. The van der Waals surface area contributed by atoms with Crippen LogP contribution >= 0.6 is 23.4 Å². The molecule has 2 N–H and O–H groups in total. The van der Waals surface area contributed by atoms with Crippen molar-refractivity contribution in [2.45, 2.75) is 4.90 Å². The molecule has 0 atom stereocenters. The summed E-state index contributed by atoms with van der Waals surface area (Å²) in [4.78, 5) is 13.6. The average molecular weight is 303 g/mol. The maximum Gasteiger partial charge on any atom is 0.263 e. The summed E-state index contributed by atoms with van der Waals surface area (Å²) in [5.41, 5.74) is 1.69. The van der Waals surface area contributed by atoms with E-state index in [1.807, 2.05) is 36.4 Å². The third-order valence-electron chi connectivity index (χ3n) is 2.77. The Morgan fingerprint density at radius 1 is 1.15 bits per heavy atom. The predicted octanol–water partition coefficient (Wildman–Crippen LogP) is 4.34. The molecule has 0 spiro atoms. The van der Waals surface area contributed by atoms with E-state index in [1.54, 1.807) is 18.3 Å². The Hall–Kier alpha value is -1.91. The molecule has 2 aromatic rings. The van der Waals surface area contributed by atoms with Crippen molar-refractivity contribution in [2.75, 3.05) is 10.6 Å². The fraction of sp³-hybridized carbons (Fsp3) is 0. The first-order valence-corrected chi connectivity index (χ1v) is 7.22. The van der Waals surface area contributed by atoms with Crippen molar-refractivity contribution in [2.24, 2.45) is 0 Å². The van der Waals surface area contributed by atoms with Crippen LogP contribution in [0.2, 0.25) is 5.02 Å². The summed E-state index contributed by atoms with van der Waals surface area (Å²) < 4.78 is 0. The van der Waals surface area contributed by atoms with Gasteiger partial charge in [-0.2, -0.15) is 0 Å². The van der Waals surface area contributed by atoms with Gasteiger partial charge in [-0.1, -0.05) is 41.6 Å². The molecular weight excluding hydrogens is 292 g/mol. The van der Waals surface area contributed by atoms with Crippen LogP contribution in [-0.4, -0.2) is 5.91 Å². The van der Waals surface area contributed by atoms with Crippen molar-refractivity contribution in [1.29, 1.82) is 0 Å². The van der Waals surface area contributed by atoms with Gasteiger partial charge in [-0.25, -0.2) is 0 Å². The molecule has 0 aromatic heterocycles. The molecule has 0 fully saturated rings. The van der Waals surface area contributed by atoms with Crippen LogP contribution in [0.1, 0.15) is 0 Å². The topological polar surface area (TPSA) is 41.1 Å². The van der Waals surface area contributed by atoms with Crippen LogP contribution in [0, 0.1) is 0 Å². The SMILES string of the molecule is O=C1Nc2ccccc2SC1=CNc1cccc(Cl)c1. The van der Waals surface area contributed by atoms with E-state index < -0.39 is 0 Å². The normalized spacial score (nSPS) is 15.7. The van der Waals surface area contributed by atoms with Crippen LogP contribution in [0.5, 0.6) is 0 Å². The van der Waals surface area contributed by atoms with Crippen LogP contribution in [0.15, 0.2) is 64.5 Å². The molecule has 0 saturated carbocycles. The number of carbonyl (C=O) groups is 1. The predicted molar refractivity (Wildman–Crippen MR) is 84.1 cm³/mol. The van der Waals surface area contributed by atoms with Gasteiger partial charge in [0.05, 0.1) is 10.6 Å². The van der Waals surface area contributed by atoms with E-state index in [9.17, 15) is 4.79 Å². The number of nitrogens with one attached hydrogen (secondary N) is 2. The lowest BCUT2D eigenvalue weighted by Crippen LogP contribution is -2.17. The van der Waals surface area contributed by atoms with E-state index in [0.29, 0.717) is 9.93 Å². The molecule has 2 aromatic carbocycles. The third-order valence-corrected chi connectivity index (χ3v) is 4.11. The number of hydrogen-bond donors (Lipinski definition) is 2. The number of hydrogen-bond acceptors (Lipinski definition) is 3. The first kappa shape index (κ1) is 13.1. The number of para-hydroxylation sites is 1. The minimum atomic E-state index is -0.108. The van der Waals surface area contributed by atoms with Crippen LogP contribution in [0.3, 0.4) is 0 Å². The second-order valence-electron chi connectivity index (χ2n) is 4.22. The zero-order valence-electron chi connectivity index (χ0n) is 10.4. The van der Waals surface area contributed by atoms with E-state index in [-0.39, 0.29) is 5.91 Å². The molecule has 1 aliphatic rings. The molecule has 5 heteroatoms. The quantitative estimate of drug-likeness (QED) is 0.811. The maximum absolute atomic E-state index is 12.0. The Morgan fingerprint density at radius 2 is 2.00 bits per heavy atom. The minimum Gasteiger partial charge on any atom is -0.360 e. The van der Waals surface area contributed by atoms with Crippen molar-refractivity contribution < 1.29 is 4.79 Å². The van der Waals surface area contributed by atoms with Gasteiger partial charge in [-0.15, -0.1) is 0 Å². The first-order valence-electron chi connectivity index (χ1n) is 6.03.